The Kier molecular flexibility index (Phi) is 5.16. The number of fused-ring (bicyclic) bond motifs is 1. The molecule has 1 aliphatic rings. The van der Waals surface area contributed by atoms with Crippen LogP contribution in [-0.4, -0.2) is 30.9 Å². The zero-order valence-electron chi connectivity index (χ0n) is 16.6. The van der Waals surface area contributed by atoms with E-state index >= 15 is 0 Å². The minimum Gasteiger partial charge on any atom is -0.362 e. The van der Waals surface area contributed by atoms with Crippen LogP contribution in [0.5, 0.6) is 0 Å². The molecule has 1 saturated carbocycles. The predicted molar refractivity (Wildman–Crippen MR) is 115 cm³/mol. The van der Waals surface area contributed by atoms with Gasteiger partial charge in [-0.25, -0.2) is 4.98 Å². The molecule has 0 saturated heterocycles. The van der Waals surface area contributed by atoms with Crippen molar-refractivity contribution >= 4 is 34.1 Å². The molecule has 0 spiro atoms. The topological polar surface area (TPSA) is 74.3 Å². The zero-order chi connectivity index (χ0) is 20.4. The van der Waals surface area contributed by atoms with Crippen LogP contribution in [0.3, 0.4) is 0 Å². The maximum absolute atomic E-state index is 13.0. The van der Waals surface area contributed by atoms with Gasteiger partial charge in [0.15, 0.2) is 0 Å². The van der Waals surface area contributed by atoms with Crippen LogP contribution in [0.2, 0.25) is 0 Å². The molecule has 1 aromatic heterocycles. The number of benzene rings is 2. The number of aromatic nitrogens is 1. The first kappa shape index (κ1) is 18.9. The summed E-state index contributed by atoms with van der Waals surface area (Å²) in [6, 6.07) is 15.3. The maximum atomic E-state index is 13.0. The van der Waals surface area contributed by atoms with E-state index < -0.39 is 0 Å². The normalized spacial score (nSPS) is 13.2. The van der Waals surface area contributed by atoms with Gasteiger partial charge < -0.3 is 15.5 Å². The van der Waals surface area contributed by atoms with Crippen molar-refractivity contribution in [1.82, 2.24) is 10.3 Å². The molecule has 2 aromatic carbocycles. The standard InChI is InChI=1S/C23H24N4O2/c1-27(2)21-18(8-5-11-24-21)14-25-23(29)19-12-16-6-3-4-7-17(16)13-20(19)26-22(28)15-9-10-15/h3-8,11-13,15H,9-10,14H2,1-2H3,(H,25,29)(H,26,28). The van der Waals surface area contributed by atoms with Gasteiger partial charge in [0, 0.05) is 38.3 Å². The lowest BCUT2D eigenvalue weighted by Crippen LogP contribution is -2.26. The summed E-state index contributed by atoms with van der Waals surface area (Å²) in [6.07, 6.45) is 3.56. The summed E-state index contributed by atoms with van der Waals surface area (Å²) < 4.78 is 0. The van der Waals surface area contributed by atoms with E-state index in [1.165, 1.54) is 0 Å². The number of nitrogens with one attached hydrogen (secondary N) is 2. The molecule has 6 heteroatoms. The van der Waals surface area contributed by atoms with E-state index in [-0.39, 0.29) is 17.7 Å². The Morgan fingerprint density at radius 3 is 2.48 bits per heavy atom. The lowest BCUT2D eigenvalue weighted by atomic mass is 10.0. The summed E-state index contributed by atoms with van der Waals surface area (Å²) in [4.78, 5) is 31.6. The summed E-state index contributed by atoms with van der Waals surface area (Å²) in [5.74, 6) is 0.635. The Morgan fingerprint density at radius 2 is 1.79 bits per heavy atom. The first-order valence-electron chi connectivity index (χ1n) is 9.76. The third-order valence-corrected chi connectivity index (χ3v) is 5.07. The summed E-state index contributed by atoms with van der Waals surface area (Å²) in [5.41, 5.74) is 1.94. The molecule has 1 fully saturated rings. The van der Waals surface area contributed by atoms with Crippen molar-refractivity contribution in [3.63, 3.8) is 0 Å². The number of carbonyl (C=O) groups is 2. The summed E-state index contributed by atoms with van der Waals surface area (Å²) in [5, 5.41) is 7.87. The monoisotopic (exact) mass is 388 g/mol. The fraction of sp³-hybridized carbons (Fsp3) is 0.261. The van der Waals surface area contributed by atoms with E-state index in [4.69, 9.17) is 0 Å². The van der Waals surface area contributed by atoms with Crippen LogP contribution >= 0.6 is 0 Å². The van der Waals surface area contributed by atoms with Gasteiger partial charge in [0.25, 0.3) is 5.91 Å². The highest BCUT2D eigenvalue weighted by molar-refractivity contribution is 6.08. The van der Waals surface area contributed by atoms with Crippen LogP contribution in [0, 0.1) is 5.92 Å². The Balaban J connectivity index is 1.61. The number of anilines is 2. The third-order valence-electron chi connectivity index (χ3n) is 5.07. The van der Waals surface area contributed by atoms with Crippen molar-refractivity contribution < 1.29 is 9.59 Å². The van der Waals surface area contributed by atoms with E-state index in [1.807, 2.05) is 67.5 Å². The zero-order valence-corrected chi connectivity index (χ0v) is 16.6. The van der Waals surface area contributed by atoms with Crippen LogP contribution in [0.4, 0.5) is 11.5 Å². The van der Waals surface area contributed by atoms with Gasteiger partial charge in [-0.1, -0.05) is 30.3 Å². The van der Waals surface area contributed by atoms with Crippen LogP contribution < -0.4 is 15.5 Å². The summed E-state index contributed by atoms with van der Waals surface area (Å²) in [7, 11) is 3.84. The molecular formula is C23H24N4O2. The number of nitrogens with zero attached hydrogens (tertiary/aromatic N) is 2. The van der Waals surface area contributed by atoms with Gasteiger partial charge in [0.05, 0.1) is 11.3 Å². The lowest BCUT2D eigenvalue weighted by molar-refractivity contribution is -0.117. The molecule has 148 valence electrons. The van der Waals surface area contributed by atoms with E-state index in [1.54, 1.807) is 6.20 Å². The van der Waals surface area contributed by atoms with Crippen LogP contribution in [0.25, 0.3) is 10.8 Å². The molecule has 29 heavy (non-hydrogen) atoms. The molecule has 1 aliphatic carbocycles. The van der Waals surface area contributed by atoms with Crippen molar-refractivity contribution in [2.45, 2.75) is 19.4 Å². The van der Waals surface area contributed by atoms with Crippen LogP contribution in [-0.2, 0) is 11.3 Å². The number of carbonyl (C=O) groups excluding carboxylic acids is 2. The van der Waals surface area contributed by atoms with E-state index in [2.05, 4.69) is 15.6 Å². The number of hydrogen-bond donors (Lipinski definition) is 2. The average Bonchev–Trinajstić information content (AvgIpc) is 3.57. The van der Waals surface area contributed by atoms with Crippen molar-refractivity contribution in [2.24, 2.45) is 5.92 Å². The molecule has 4 rings (SSSR count). The molecule has 2 amide bonds. The van der Waals surface area contributed by atoms with Crippen molar-refractivity contribution in [3.8, 4) is 0 Å². The first-order chi connectivity index (χ1) is 14.0. The molecular weight excluding hydrogens is 364 g/mol. The van der Waals surface area contributed by atoms with Gasteiger partial charge in [0.2, 0.25) is 5.91 Å². The smallest absolute Gasteiger partial charge is 0.253 e. The highest BCUT2D eigenvalue weighted by Gasteiger charge is 2.30. The van der Waals surface area contributed by atoms with Gasteiger partial charge >= 0.3 is 0 Å². The number of pyridine rings is 1. The molecule has 3 aromatic rings. The molecule has 0 atom stereocenters. The van der Waals surface area contributed by atoms with Gasteiger partial charge in [-0.05, 0) is 41.8 Å². The van der Waals surface area contributed by atoms with Crippen LogP contribution in [0.1, 0.15) is 28.8 Å². The maximum Gasteiger partial charge on any atom is 0.253 e. The van der Waals surface area contributed by atoms with E-state index in [9.17, 15) is 9.59 Å². The average molecular weight is 388 g/mol. The number of rotatable bonds is 6. The van der Waals surface area contributed by atoms with Gasteiger partial charge in [0.1, 0.15) is 5.82 Å². The molecule has 2 N–H and O–H groups in total. The SMILES string of the molecule is CN(C)c1ncccc1CNC(=O)c1cc2ccccc2cc1NC(=O)C1CC1. The fourth-order valence-corrected chi connectivity index (χ4v) is 3.35. The summed E-state index contributed by atoms with van der Waals surface area (Å²) >= 11 is 0. The molecule has 0 aliphatic heterocycles. The van der Waals surface area contributed by atoms with E-state index in [0.29, 0.717) is 17.8 Å². The number of amides is 2. The Morgan fingerprint density at radius 1 is 1.07 bits per heavy atom. The Bertz CT molecular complexity index is 1070. The van der Waals surface area contributed by atoms with Crippen molar-refractivity contribution in [3.05, 3.63) is 65.9 Å². The highest BCUT2D eigenvalue weighted by Crippen LogP contribution is 2.32. The molecule has 1 heterocycles. The quantitative estimate of drug-likeness (QED) is 0.677. The van der Waals surface area contributed by atoms with Crippen molar-refractivity contribution in [2.75, 3.05) is 24.3 Å². The minimum absolute atomic E-state index is 0.0171. The Hall–Kier alpha value is -3.41. The molecule has 0 unspecified atom stereocenters. The van der Waals surface area contributed by atoms with Crippen molar-refractivity contribution in [1.29, 1.82) is 0 Å². The first-order valence-corrected chi connectivity index (χ1v) is 9.76. The summed E-state index contributed by atoms with van der Waals surface area (Å²) in [6.45, 7) is 0.350. The van der Waals surface area contributed by atoms with Gasteiger partial charge in [-0.15, -0.1) is 0 Å². The highest BCUT2D eigenvalue weighted by atomic mass is 16.2. The molecule has 6 nitrogen and oxygen atoms in total. The number of hydrogen-bond acceptors (Lipinski definition) is 4. The fourth-order valence-electron chi connectivity index (χ4n) is 3.35. The second kappa shape index (κ2) is 7.91. The Labute approximate surface area is 169 Å². The predicted octanol–water partition coefficient (Wildman–Crippen LogP) is 3.58. The lowest BCUT2D eigenvalue weighted by Gasteiger charge is -2.17. The minimum atomic E-state index is -0.226. The largest absolute Gasteiger partial charge is 0.362 e. The second-order valence-corrected chi connectivity index (χ2v) is 7.57. The molecule has 0 bridgehead atoms. The van der Waals surface area contributed by atoms with Gasteiger partial charge in [-0.2, -0.15) is 0 Å². The van der Waals surface area contributed by atoms with Crippen LogP contribution in [0.15, 0.2) is 54.7 Å². The van der Waals surface area contributed by atoms with E-state index in [0.717, 1.165) is 35.0 Å². The second-order valence-electron chi connectivity index (χ2n) is 7.57. The third kappa shape index (κ3) is 4.21. The van der Waals surface area contributed by atoms with Gasteiger partial charge in [-0.3, -0.25) is 9.59 Å². The molecule has 0 radical (unpaired) electrons.